The summed E-state index contributed by atoms with van der Waals surface area (Å²) in [6.07, 6.45) is 1.13. The molecular weight excluding hydrogens is 420 g/mol. The van der Waals surface area contributed by atoms with Crippen LogP contribution in [-0.4, -0.2) is 26.6 Å². The van der Waals surface area contributed by atoms with Crippen LogP contribution in [0.15, 0.2) is 72.8 Å². The van der Waals surface area contributed by atoms with Gasteiger partial charge in [0.2, 0.25) is 15.9 Å². The van der Waals surface area contributed by atoms with E-state index in [-0.39, 0.29) is 5.91 Å². The quantitative estimate of drug-likeness (QED) is 0.569. The Morgan fingerprint density at radius 3 is 2.12 bits per heavy atom. The van der Waals surface area contributed by atoms with E-state index in [9.17, 15) is 13.2 Å². The van der Waals surface area contributed by atoms with E-state index in [0.717, 1.165) is 34.1 Å². The number of sulfonamides is 1. The highest BCUT2D eigenvalue weighted by Crippen LogP contribution is 2.28. The van der Waals surface area contributed by atoms with Gasteiger partial charge in [-0.3, -0.25) is 9.10 Å². The molecule has 0 aromatic heterocycles. The molecule has 168 valence electrons. The Bertz CT molecular complexity index is 1210. The number of hydrogen-bond acceptors (Lipinski definition) is 3. The van der Waals surface area contributed by atoms with Crippen molar-refractivity contribution in [3.8, 4) is 0 Å². The maximum atomic E-state index is 13.5. The SMILES string of the molecule is Cc1ccc(C)c(N([C@H](C)C(=O)N[C@@H](c2ccccc2)c2ccccc2C)S(C)(=O)=O)c1. The molecule has 0 radical (unpaired) electrons. The molecule has 3 rings (SSSR count). The van der Waals surface area contributed by atoms with Gasteiger partial charge >= 0.3 is 0 Å². The second-order valence-electron chi connectivity index (χ2n) is 8.23. The van der Waals surface area contributed by atoms with E-state index in [1.807, 2.05) is 87.5 Å². The van der Waals surface area contributed by atoms with Gasteiger partial charge in [-0.05, 0) is 61.6 Å². The van der Waals surface area contributed by atoms with Gasteiger partial charge in [-0.1, -0.05) is 66.7 Å². The predicted molar refractivity (Wildman–Crippen MR) is 130 cm³/mol. The minimum atomic E-state index is -3.70. The molecule has 3 aromatic rings. The molecule has 6 heteroatoms. The largest absolute Gasteiger partial charge is 0.343 e. The van der Waals surface area contributed by atoms with Gasteiger partial charge in [0, 0.05) is 0 Å². The summed E-state index contributed by atoms with van der Waals surface area (Å²) < 4.78 is 26.7. The van der Waals surface area contributed by atoms with Gasteiger partial charge in [-0.15, -0.1) is 0 Å². The first-order valence-electron chi connectivity index (χ1n) is 10.6. The summed E-state index contributed by atoms with van der Waals surface area (Å²) >= 11 is 0. The fraction of sp³-hybridized carbons (Fsp3) is 0.269. The van der Waals surface area contributed by atoms with Gasteiger partial charge in [0.25, 0.3) is 0 Å². The molecule has 0 aliphatic carbocycles. The standard InChI is InChI=1S/C26H30N2O3S/c1-18-15-16-20(3)24(17-18)28(32(5,30)31)21(4)26(29)27-25(22-12-7-6-8-13-22)23-14-10-9-11-19(23)2/h6-17,21,25H,1-5H3,(H,27,29)/t21-,25+/m1/s1. The van der Waals surface area contributed by atoms with Crippen molar-refractivity contribution < 1.29 is 13.2 Å². The normalized spacial score (nSPS) is 13.3. The maximum absolute atomic E-state index is 13.5. The second-order valence-corrected chi connectivity index (χ2v) is 10.1. The molecule has 0 heterocycles. The molecule has 5 nitrogen and oxygen atoms in total. The van der Waals surface area contributed by atoms with E-state index in [4.69, 9.17) is 0 Å². The predicted octanol–water partition coefficient (Wildman–Crippen LogP) is 4.67. The van der Waals surface area contributed by atoms with Crippen LogP contribution in [0.3, 0.4) is 0 Å². The summed E-state index contributed by atoms with van der Waals surface area (Å²) in [4.78, 5) is 13.5. The molecule has 0 spiro atoms. The van der Waals surface area contributed by atoms with Crippen molar-refractivity contribution >= 4 is 21.6 Å². The summed E-state index contributed by atoms with van der Waals surface area (Å²) in [5.74, 6) is -0.367. The lowest BCUT2D eigenvalue weighted by molar-refractivity contribution is -0.122. The number of nitrogens with one attached hydrogen (secondary N) is 1. The molecule has 0 saturated heterocycles. The fourth-order valence-electron chi connectivity index (χ4n) is 3.90. The molecule has 32 heavy (non-hydrogen) atoms. The average Bonchev–Trinajstić information content (AvgIpc) is 2.74. The van der Waals surface area contributed by atoms with Crippen molar-refractivity contribution in [1.82, 2.24) is 5.32 Å². The van der Waals surface area contributed by atoms with Gasteiger partial charge in [-0.25, -0.2) is 8.42 Å². The van der Waals surface area contributed by atoms with Gasteiger partial charge in [0.05, 0.1) is 18.0 Å². The molecule has 0 aliphatic heterocycles. The van der Waals surface area contributed by atoms with Gasteiger partial charge < -0.3 is 5.32 Å². The van der Waals surface area contributed by atoms with Crippen molar-refractivity contribution in [3.63, 3.8) is 0 Å². The Morgan fingerprint density at radius 2 is 1.50 bits per heavy atom. The Balaban J connectivity index is 2.01. The molecule has 0 aliphatic rings. The summed E-state index contributed by atoms with van der Waals surface area (Å²) in [6.45, 7) is 7.37. The molecular formula is C26H30N2O3S. The zero-order valence-corrected chi connectivity index (χ0v) is 20.0. The third-order valence-electron chi connectivity index (χ3n) is 5.61. The van der Waals surface area contributed by atoms with Crippen LogP contribution in [0.1, 0.15) is 40.8 Å². The Hall–Kier alpha value is -3.12. The second kappa shape index (κ2) is 9.57. The van der Waals surface area contributed by atoms with Crippen LogP contribution in [0, 0.1) is 20.8 Å². The monoisotopic (exact) mass is 450 g/mol. The third-order valence-corrected chi connectivity index (χ3v) is 6.84. The molecule has 3 aromatic carbocycles. The van der Waals surface area contributed by atoms with E-state index < -0.39 is 22.1 Å². The van der Waals surface area contributed by atoms with Crippen molar-refractivity contribution in [2.45, 2.75) is 39.8 Å². The highest BCUT2D eigenvalue weighted by molar-refractivity contribution is 7.92. The third kappa shape index (κ3) is 5.19. The first-order valence-corrected chi connectivity index (χ1v) is 12.4. The number of rotatable bonds is 7. The van der Waals surface area contributed by atoms with E-state index in [1.165, 1.54) is 4.31 Å². The lowest BCUT2D eigenvalue weighted by atomic mass is 9.94. The number of hydrogen-bond donors (Lipinski definition) is 1. The summed E-state index contributed by atoms with van der Waals surface area (Å²) in [6, 6.07) is 21.8. The average molecular weight is 451 g/mol. The lowest BCUT2D eigenvalue weighted by Crippen LogP contribution is -2.49. The highest BCUT2D eigenvalue weighted by atomic mass is 32.2. The zero-order chi connectivity index (χ0) is 23.5. The smallest absolute Gasteiger partial charge is 0.244 e. The van der Waals surface area contributed by atoms with Crippen LogP contribution in [0.5, 0.6) is 0 Å². The molecule has 2 atom stereocenters. The van der Waals surface area contributed by atoms with Crippen molar-refractivity contribution in [2.75, 3.05) is 10.6 Å². The summed E-state index contributed by atoms with van der Waals surface area (Å²) in [5, 5.41) is 3.10. The van der Waals surface area contributed by atoms with Crippen molar-refractivity contribution in [1.29, 1.82) is 0 Å². The van der Waals surface area contributed by atoms with E-state index in [1.54, 1.807) is 13.0 Å². The van der Waals surface area contributed by atoms with Gasteiger partial charge in [0.15, 0.2) is 0 Å². The number of aryl methyl sites for hydroxylation is 3. The first kappa shape index (κ1) is 23.5. The van der Waals surface area contributed by atoms with Crippen LogP contribution >= 0.6 is 0 Å². The topological polar surface area (TPSA) is 66.5 Å². The minimum Gasteiger partial charge on any atom is -0.343 e. The van der Waals surface area contributed by atoms with Gasteiger partial charge in [0.1, 0.15) is 6.04 Å². The van der Waals surface area contributed by atoms with E-state index >= 15 is 0 Å². The molecule has 0 fully saturated rings. The number of carbonyl (C=O) groups is 1. The summed E-state index contributed by atoms with van der Waals surface area (Å²) in [7, 11) is -3.70. The molecule has 0 saturated carbocycles. The minimum absolute atomic E-state index is 0.367. The fourth-order valence-corrected chi connectivity index (χ4v) is 5.12. The number of nitrogens with zero attached hydrogens (tertiary/aromatic N) is 1. The Kier molecular flexibility index (Phi) is 7.04. The summed E-state index contributed by atoms with van der Waals surface area (Å²) in [5.41, 5.74) is 5.18. The lowest BCUT2D eigenvalue weighted by Gasteiger charge is -2.31. The van der Waals surface area contributed by atoms with Gasteiger partial charge in [-0.2, -0.15) is 0 Å². The van der Waals surface area contributed by atoms with E-state index in [0.29, 0.717) is 5.69 Å². The molecule has 1 amide bonds. The number of anilines is 1. The zero-order valence-electron chi connectivity index (χ0n) is 19.2. The van der Waals surface area contributed by atoms with Crippen molar-refractivity contribution in [3.05, 3.63) is 101 Å². The number of benzene rings is 3. The molecule has 0 unspecified atom stereocenters. The molecule has 1 N–H and O–H groups in total. The van der Waals surface area contributed by atoms with Crippen LogP contribution in [0.2, 0.25) is 0 Å². The molecule has 0 bridgehead atoms. The number of carbonyl (C=O) groups excluding carboxylic acids is 1. The Morgan fingerprint density at radius 1 is 0.875 bits per heavy atom. The maximum Gasteiger partial charge on any atom is 0.244 e. The van der Waals surface area contributed by atoms with Crippen molar-refractivity contribution in [2.24, 2.45) is 0 Å². The van der Waals surface area contributed by atoms with Crippen LogP contribution in [0.4, 0.5) is 5.69 Å². The highest BCUT2D eigenvalue weighted by Gasteiger charge is 2.32. The van der Waals surface area contributed by atoms with Crippen LogP contribution in [-0.2, 0) is 14.8 Å². The number of amides is 1. The Labute approximate surface area is 191 Å². The van der Waals surface area contributed by atoms with E-state index in [2.05, 4.69) is 5.32 Å². The first-order chi connectivity index (χ1) is 15.1. The van der Waals surface area contributed by atoms with Crippen LogP contribution in [0.25, 0.3) is 0 Å². The van der Waals surface area contributed by atoms with Crippen LogP contribution < -0.4 is 9.62 Å².